The summed E-state index contributed by atoms with van der Waals surface area (Å²) >= 11 is 1.59. The fraction of sp³-hybridized carbons (Fsp3) is 0.393. The summed E-state index contributed by atoms with van der Waals surface area (Å²) in [5.74, 6) is 3.21. The average Bonchev–Trinajstić information content (AvgIpc) is 3.40. The van der Waals surface area contributed by atoms with Crippen LogP contribution in [0.15, 0.2) is 53.7 Å². The lowest BCUT2D eigenvalue weighted by Gasteiger charge is -2.35. The fourth-order valence-electron chi connectivity index (χ4n) is 4.50. The lowest BCUT2D eigenvalue weighted by atomic mass is 10.1. The second-order valence-electron chi connectivity index (χ2n) is 9.34. The number of piperazine rings is 1. The number of hydrogen-bond acceptors (Lipinski definition) is 9. The zero-order valence-corrected chi connectivity index (χ0v) is 22.6. The highest BCUT2D eigenvalue weighted by Crippen LogP contribution is 2.33. The molecule has 2 aliphatic rings. The Morgan fingerprint density at radius 1 is 1.03 bits per heavy atom. The van der Waals surface area contributed by atoms with Crippen molar-refractivity contribution in [3.05, 3.63) is 70.9 Å². The minimum absolute atomic E-state index is 0.0966. The first-order valence-corrected chi connectivity index (χ1v) is 13.8. The standard InChI is InChI=1S/C28H33N5O4S/c1-20-14-26(33-11-9-32(10-12-33)17-21-6-7-24-25(16-21)37-19-36-24)31-28(30-20)38-18-22-4-3-5-23(15-22)27(34)29-8-13-35-2/h3-7,14-16H,8-13,17-19H2,1-2H3,(H,29,34). The van der Waals surface area contributed by atoms with E-state index in [1.54, 1.807) is 18.9 Å². The van der Waals surface area contributed by atoms with Gasteiger partial charge in [-0.2, -0.15) is 0 Å². The van der Waals surface area contributed by atoms with Gasteiger partial charge in [-0.1, -0.05) is 30.0 Å². The van der Waals surface area contributed by atoms with Crippen molar-refractivity contribution in [2.75, 3.05) is 58.1 Å². The van der Waals surface area contributed by atoms with Gasteiger partial charge in [-0.3, -0.25) is 9.69 Å². The van der Waals surface area contributed by atoms with E-state index in [-0.39, 0.29) is 5.91 Å². The first-order chi connectivity index (χ1) is 18.6. The van der Waals surface area contributed by atoms with Crippen LogP contribution < -0.4 is 19.7 Å². The summed E-state index contributed by atoms with van der Waals surface area (Å²) < 4.78 is 15.9. The number of amides is 1. The molecule has 3 aromatic rings. The van der Waals surface area contributed by atoms with Gasteiger partial charge < -0.3 is 24.4 Å². The predicted molar refractivity (Wildman–Crippen MR) is 147 cm³/mol. The van der Waals surface area contributed by atoms with Crippen molar-refractivity contribution < 1.29 is 19.0 Å². The Balaban J connectivity index is 1.15. The highest BCUT2D eigenvalue weighted by Gasteiger charge is 2.21. The maximum atomic E-state index is 12.4. The van der Waals surface area contributed by atoms with E-state index in [0.29, 0.717) is 31.3 Å². The van der Waals surface area contributed by atoms with Gasteiger partial charge in [0, 0.05) is 69.5 Å². The van der Waals surface area contributed by atoms with Gasteiger partial charge in [-0.25, -0.2) is 9.97 Å². The van der Waals surface area contributed by atoms with Crippen LogP contribution in [0.3, 0.4) is 0 Å². The van der Waals surface area contributed by atoms with Gasteiger partial charge in [0.1, 0.15) is 5.82 Å². The van der Waals surface area contributed by atoms with Crippen LogP contribution in [0.1, 0.15) is 27.2 Å². The minimum Gasteiger partial charge on any atom is -0.454 e. The van der Waals surface area contributed by atoms with Crippen LogP contribution in [0.25, 0.3) is 0 Å². The van der Waals surface area contributed by atoms with Crippen molar-refractivity contribution in [1.82, 2.24) is 20.2 Å². The summed E-state index contributed by atoms with van der Waals surface area (Å²) in [5, 5.41) is 3.61. The first kappa shape index (κ1) is 26.3. The Morgan fingerprint density at radius 3 is 2.71 bits per heavy atom. The summed E-state index contributed by atoms with van der Waals surface area (Å²) in [6.07, 6.45) is 0. The molecular weight excluding hydrogens is 502 g/mol. The van der Waals surface area contributed by atoms with Gasteiger partial charge in [0.15, 0.2) is 16.7 Å². The minimum atomic E-state index is -0.0966. The number of methoxy groups -OCH3 is 1. The topological polar surface area (TPSA) is 89.1 Å². The normalized spacial score (nSPS) is 15.1. The Hall–Kier alpha value is -3.34. The van der Waals surface area contributed by atoms with Crippen LogP contribution in [0.2, 0.25) is 0 Å². The number of anilines is 1. The van der Waals surface area contributed by atoms with Gasteiger partial charge in [0.05, 0.1) is 6.61 Å². The van der Waals surface area contributed by atoms with Gasteiger partial charge in [0.2, 0.25) is 6.79 Å². The fourth-order valence-corrected chi connectivity index (χ4v) is 5.35. The van der Waals surface area contributed by atoms with E-state index in [4.69, 9.17) is 19.2 Å². The molecule has 38 heavy (non-hydrogen) atoms. The number of carbonyl (C=O) groups excluding carboxylic acids is 1. The molecule has 1 aromatic heterocycles. The smallest absolute Gasteiger partial charge is 0.251 e. The van der Waals surface area contributed by atoms with Crippen LogP contribution in [0, 0.1) is 6.92 Å². The second-order valence-corrected chi connectivity index (χ2v) is 10.3. The van der Waals surface area contributed by atoms with E-state index in [1.807, 2.05) is 37.3 Å². The van der Waals surface area contributed by atoms with Crippen molar-refractivity contribution >= 4 is 23.5 Å². The molecule has 0 radical (unpaired) electrons. The summed E-state index contributed by atoms with van der Waals surface area (Å²) in [6.45, 7) is 7.90. The Kier molecular flexibility index (Phi) is 8.62. The molecule has 10 heteroatoms. The van der Waals surface area contributed by atoms with Crippen LogP contribution in [-0.4, -0.2) is 74.0 Å². The third kappa shape index (κ3) is 6.75. The molecule has 2 aliphatic heterocycles. The third-order valence-corrected chi connectivity index (χ3v) is 7.43. The van der Waals surface area contributed by atoms with Crippen LogP contribution in [-0.2, 0) is 17.0 Å². The molecule has 2 aromatic carbocycles. The number of thioether (sulfide) groups is 1. The van der Waals surface area contributed by atoms with Crippen LogP contribution in [0.5, 0.6) is 11.5 Å². The Morgan fingerprint density at radius 2 is 1.87 bits per heavy atom. The lowest BCUT2D eigenvalue weighted by molar-refractivity contribution is 0.0937. The summed E-state index contributed by atoms with van der Waals surface area (Å²) in [6, 6.07) is 15.9. The van der Waals surface area contributed by atoms with Crippen LogP contribution in [0.4, 0.5) is 5.82 Å². The maximum absolute atomic E-state index is 12.4. The van der Waals surface area contributed by atoms with Crippen LogP contribution >= 0.6 is 11.8 Å². The third-order valence-electron chi connectivity index (χ3n) is 6.51. The van der Waals surface area contributed by atoms with Crippen molar-refractivity contribution in [3.8, 4) is 11.5 Å². The molecule has 1 saturated heterocycles. The molecule has 0 saturated carbocycles. The molecule has 0 unspecified atom stereocenters. The first-order valence-electron chi connectivity index (χ1n) is 12.8. The molecule has 1 amide bonds. The number of aryl methyl sites for hydroxylation is 1. The van der Waals surface area contributed by atoms with Crippen molar-refractivity contribution in [3.63, 3.8) is 0 Å². The number of ether oxygens (including phenoxy) is 3. The molecular formula is C28H33N5O4S. The maximum Gasteiger partial charge on any atom is 0.251 e. The molecule has 0 bridgehead atoms. The number of fused-ring (bicyclic) bond motifs is 1. The molecule has 0 atom stereocenters. The molecule has 1 N–H and O–H groups in total. The SMILES string of the molecule is COCCNC(=O)c1cccc(CSc2nc(C)cc(N3CCN(Cc4ccc5c(c4)OCO5)CC3)n2)c1. The zero-order chi connectivity index (χ0) is 26.3. The predicted octanol–water partition coefficient (Wildman–Crippen LogP) is 3.50. The van der Waals surface area contributed by atoms with E-state index in [9.17, 15) is 4.79 Å². The molecule has 9 nitrogen and oxygen atoms in total. The number of carbonyl (C=O) groups is 1. The summed E-state index contributed by atoms with van der Waals surface area (Å²) in [5.41, 5.74) is 3.88. The number of rotatable bonds is 10. The van der Waals surface area contributed by atoms with Gasteiger partial charge in [0.25, 0.3) is 5.91 Å². The summed E-state index contributed by atoms with van der Waals surface area (Å²) in [4.78, 5) is 26.7. The number of nitrogens with one attached hydrogen (secondary N) is 1. The number of nitrogens with zero attached hydrogens (tertiary/aromatic N) is 4. The molecule has 200 valence electrons. The molecule has 0 spiro atoms. The van der Waals surface area contributed by atoms with Gasteiger partial charge >= 0.3 is 0 Å². The monoisotopic (exact) mass is 535 g/mol. The van der Waals surface area contributed by atoms with Gasteiger partial charge in [-0.05, 0) is 42.3 Å². The van der Waals surface area contributed by atoms with E-state index in [2.05, 4.69) is 38.3 Å². The van der Waals surface area contributed by atoms with Crippen molar-refractivity contribution in [2.45, 2.75) is 24.4 Å². The Labute approximate surface area is 227 Å². The second kappa shape index (κ2) is 12.5. The average molecular weight is 536 g/mol. The highest BCUT2D eigenvalue weighted by molar-refractivity contribution is 7.98. The number of benzene rings is 2. The highest BCUT2D eigenvalue weighted by atomic mass is 32.2. The molecule has 3 heterocycles. The molecule has 5 rings (SSSR count). The van der Waals surface area contributed by atoms with Crippen molar-refractivity contribution in [1.29, 1.82) is 0 Å². The van der Waals surface area contributed by atoms with E-state index >= 15 is 0 Å². The largest absolute Gasteiger partial charge is 0.454 e. The van der Waals surface area contributed by atoms with E-state index in [0.717, 1.165) is 66.5 Å². The molecule has 0 aliphatic carbocycles. The lowest BCUT2D eigenvalue weighted by Crippen LogP contribution is -2.46. The number of hydrogen-bond donors (Lipinski definition) is 1. The quantitative estimate of drug-likeness (QED) is 0.238. The molecule has 1 fully saturated rings. The summed E-state index contributed by atoms with van der Waals surface area (Å²) in [7, 11) is 1.62. The van der Waals surface area contributed by atoms with E-state index in [1.165, 1.54) is 5.56 Å². The number of aromatic nitrogens is 2. The zero-order valence-electron chi connectivity index (χ0n) is 21.8. The van der Waals surface area contributed by atoms with Crippen molar-refractivity contribution in [2.24, 2.45) is 0 Å². The van der Waals surface area contributed by atoms with E-state index < -0.39 is 0 Å². The Bertz CT molecular complexity index is 1270. The van der Waals surface area contributed by atoms with Gasteiger partial charge in [-0.15, -0.1) is 0 Å².